The average molecular weight is 590 g/mol. The van der Waals surface area contributed by atoms with E-state index < -0.39 is 52.0 Å². The number of hydrogen-bond donors (Lipinski definition) is 8. The molecule has 3 aliphatic heterocycles. The molecule has 14 nitrogen and oxygen atoms in total. The minimum Gasteiger partial charge on any atom is -0.507 e. The Morgan fingerprint density at radius 2 is 1.76 bits per heavy atom. The summed E-state index contributed by atoms with van der Waals surface area (Å²) in [6, 6.07) is 0. The fraction of sp³-hybridized carbons (Fsp3) is 0.400. The minimum atomic E-state index is -2.39. The van der Waals surface area contributed by atoms with Crippen LogP contribution in [0.15, 0.2) is 34.8 Å². The molecule has 1 aromatic rings. The smallest absolute Gasteiger partial charge is 0.279 e. The summed E-state index contributed by atoms with van der Waals surface area (Å²) in [5.74, 6) is -5.52. The van der Waals surface area contributed by atoms with E-state index in [4.69, 9.17) is 4.74 Å². The van der Waals surface area contributed by atoms with Crippen LogP contribution >= 0.6 is 9.24 Å². The number of carbonyl (C=O) groups is 3. The molecule has 3 fully saturated rings. The third-order valence-corrected chi connectivity index (χ3v) is 8.10. The molecular weight excluding hydrogens is 558 g/mol. The lowest BCUT2D eigenvalue weighted by Gasteiger charge is -2.37. The molecule has 3 amide bonds. The Morgan fingerprint density at radius 3 is 2.37 bits per heavy atom. The highest BCUT2D eigenvalue weighted by Gasteiger charge is 2.52. The Kier molecular flexibility index (Phi) is 8.55. The van der Waals surface area contributed by atoms with Gasteiger partial charge in [0.1, 0.15) is 5.75 Å². The van der Waals surface area contributed by atoms with Crippen molar-refractivity contribution in [3.05, 3.63) is 46.0 Å². The van der Waals surface area contributed by atoms with Gasteiger partial charge in [0, 0.05) is 49.9 Å². The van der Waals surface area contributed by atoms with E-state index >= 15 is 0 Å². The van der Waals surface area contributed by atoms with Crippen molar-refractivity contribution in [3.8, 4) is 17.2 Å². The number of rotatable bonds is 7. The van der Waals surface area contributed by atoms with Crippen LogP contribution in [0.5, 0.6) is 17.2 Å². The Labute approximate surface area is 238 Å². The third-order valence-electron chi connectivity index (χ3n) is 7.48. The van der Waals surface area contributed by atoms with Crippen molar-refractivity contribution in [1.82, 2.24) is 20.4 Å². The number of ether oxygens (including phenoxy) is 1. The van der Waals surface area contributed by atoms with Gasteiger partial charge in [-0.15, -0.1) is 9.24 Å². The Bertz CT molecular complexity index is 1390. The van der Waals surface area contributed by atoms with Gasteiger partial charge >= 0.3 is 0 Å². The first-order valence-electron chi connectivity index (χ1n) is 12.8. The normalized spacial score (nSPS) is 24.3. The summed E-state index contributed by atoms with van der Waals surface area (Å²) in [5.41, 5.74) is -2.11. The van der Waals surface area contributed by atoms with Gasteiger partial charge in [0.05, 0.1) is 30.9 Å². The van der Waals surface area contributed by atoms with E-state index in [0.717, 1.165) is 4.90 Å². The summed E-state index contributed by atoms with van der Waals surface area (Å²) in [6.45, 7) is 5.01. The number of piperidine rings is 1. The third kappa shape index (κ3) is 5.58. The maximum absolute atomic E-state index is 13.3. The maximum atomic E-state index is 13.3. The molecule has 16 heteroatoms. The number of hydrogen-bond acceptors (Lipinski definition) is 12. The van der Waals surface area contributed by atoms with E-state index in [1.54, 1.807) is 0 Å². The van der Waals surface area contributed by atoms with Gasteiger partial charge in [-0.2, -0.15) is 0 Å². The number of phenols is 3. The number of aliphatic hydroxyl groups excluding tert-OH is 2. The summed E-state index contributed by atoms with van der Waals surface area (Å²) in [6.07, 6.45) is -0.604. The molecule has 2 atom stereocenters. The van der Waals surface area contributed by atoms with Gasteiger partial charge in [-0.25, -0.2) is 0 Å². The van der Waals surface area contributed by atoms with Crippen molar-refractivity contribution in [3.63, 3.8) is 0 Å². The molecule has 3 aliphatic rings. The average Bonchev–Trinajstić information content (AvgIpc) is 3.29. The predicted molar refractivity (Wildman–Crippen MR) is 150 cm³/mol. The highest BCUT2D eigenvalue weighted by Crippen LogP contribution is 2.40. The molecule has 0 bridgehead atoms. The number of amides is 3. The first kappa shape index (κ1) is 30.2. The summed E-state index contributed by atoms with van der Waals surface area (Å²) >= 11 is 0. The molecule has 0 aromatic heterocycles. The van der Waals surface area contributed by atoms with E-state index in [-0.39, 0.29) is 65.8 Å². The zero-order valence-corrected chi connectivity index (χ0v) is 23.5. The molecule has 41 heavy (non-hydrogen) atoms. The molecule has 3 heterocycles. The van der Waals surface area contributed by atoms with Crippen molar-refractivity contribution >= 4 is 40.1 Å². The van der Waals surface area contributed by atoms with Crippen LogP contribution in [0, 0.1) is 0 Å². The molecule has 2 unspecified atom stereocenters. The van der Waals surface area contributed by atoms with Crippen LogP contribution < -0.4 is 15.9 Å². The number of nitrogens with one attached hydrogen (secondary N) is 2. The van der Waals surface area contributed by atoms with Crippen LogP contribution in [0.1, 0.15) is 24.0 Å². The highest BCUT2D eigenvalue weighted by atomic mass is 31.0. The maximum Gasteiger partial charge on any atom is 0.279 e. The van der Waals surface area contributed by atoms with Gasteiger partial charge in [0.2, 0.25) is 11.6 Å². The number of aliphatic hydroxyl groups is 3. The summed E-state index contributed by atoms with van der Waals surface area (Å²) in [7, 11) is 3.79. The number of nitrogens with zero attached hydrogens (tertiary/aromatic N) is 2. The van der Waals surface area contributed by atoms with Crippen molar-refractivity contribution < 1.29 is 49.8 Å². The van der Waals surface area contributed by atoms with Gasteiger partial charge in [0.25, 0.3) is 11.8 Å². The molecule has 3 saturated heterocycles. The molecule has 1 aromatic carbocycles. The number of likely N-dealkylation sites (tertiary alicyclic amines) is 1. The quantitative estimate of drug-likeness (QED) is 0.0327. The minimum absolute atomic E-state index is 0.0992. The number of aromatic hydroxyl groups is 3. The SMILES string of the molecule is B/C(NCc1c(O)c(CN2CCOCC2)c(O)c(O)c1P)=C1/CN(C2(O)CCC(=O)NC2=O)C(=O)/C1=C(\O)C(=C)O. The zero-order chi connectivity index (χ0) is 30.2. The number of morpholine rings is 1. The summed E-state index contributed by atoms with van der Waals surface area (Å²) in [4.78, 5) is 40.2. The second-order valence-electron chi connectivity index (χ2n) is 10.0. The lowest BCUT2D eigenvalue weighted by atomic mass is 9.93. The topological polar surface area (TPSA) is 212 Å². The van der Waals surface area contributed by atoms with Gasteiger partial charge in [0.15, 0.2) is 30.9 Å². The monoisotopic (exact) mass is 590 g/mol. The fourth-order valence-corrected chi connectivity index (χ4v) is 5.36. The molecule has 0 spiro atoms. The van der Waals surface area contributed by atoms with Gasteiger partial charge in [-0.3, -0.25) is 29.5 Å². The number of imide groups is 1. The number of phenolic OH excluding ortho intramolecular Hbond substituents is 3. The van der Waals surface area contributed by atoms with Crippen molar-refractivity contribution in [1.29, 1.82) is 0 Å². The molecule has 220 valence electrons. The number of benzene rings is 1. The predicted octanol–water partition coefficient (Wildman–Crippen LogP) is -2.08. The van der Waals surface area contributed by atoms with Gasteiger partial charge in [-0.1, -0.05) is 6.58 Å². The van der Waals surface area contributed by atoms with Crippen LogP contribution in [0.2, 0.25) is 0 Å². The fourth-order valence-electron chi connectivity index (χ4n) is 4.99. The largest absolute Gasteiger partial charge is 0.507 e. The standard InChI is InChI=1S/C25H32BN4O10P/c1-11(31)17(33)16-13(10-30(23(16)37)25(39)3-2-15(32)28-24(25)38)22(26)27-8-12-18(34)14(19(35)20(36)21(12)41)9-29-4-6-40-7-5-29/h27,31,33-36,39H,1-10,26,41H2,(H,28,32,38)/b17-16-,22-13+. The second-order valence-corrected chi connectivity index (χ2v) is 10.6. The Balaban J connectivity index is 1.68. The second kappa shape index (κ2) is 11.6. The van der Waals surface area contributed by atoms with Crippen LogP contribution in [0.25, 0.3) is 0 Å². The molecular formula is C25H32BN4O10P. The zero-order valence-electron chi connectivity index (χ0n) is 22.4. The lowest BCUT2D eigenvalue weighted by molar-refractivity contribution is -0.177. The summed E-state index contributed by atoms with van der Waals surface area (Å²) < 4.78 is 5.33. The molecule has 0 saturated carbocycles. The van der Waals surface area contributed by atoms with E-state index in [1.807, 2.05) is 10.2 Å². The van der Waals surface area contributed by atoms with Crippen LogP contribution in [-0.2, 0) is 32.2 Å². The van der Waals surface area contributed by atoms with Crippen LogP contribution in [0.3, 0.4) is 0 Å². The molecule has 0 aliphatic carbocycles. The summed E-state index contributed by atoms with van der Waals surface area (Å²) in [5, 5.41) is 68.8. The van der Waals surface area contributed by atoms with E-state index in [2.05, 4.69) is 21.1 Å². The molecule has 8 N–H and O–H groups in total. The van der Waals surface area contributed by atoms with E-state index in [9.17, 15) is 45.0 Å². The van der Waals surface area contributed by atoms with Crippen LogP contribution in [-0.4, -0.2) is 105 Å². The Hall–Kier alpha value is -3.78. The van der Waals surface area contributed by atoms with Crippen LogP contribution in [0.4, 0.5) is 0 Å². The highest BCUT2D eigenvalue weighted by molar-refractivity contribution is 7.28. The van der Waals surface area contributed by atoms with Gasteiger partial charge in [-0.05, 0) is 11.2 Å². The molecule has 4 rings (SSSR count). The van der Waals surface area contributed by atoms with E-state index in [1.165, 1.54) is 7.85 Å². The van der Waals surface area contributed by atoms with Gasteiger partial charge < -0.3 is 40.7 Å². The number of carbonyl (C=O) groups excluding carboxylic acids is 3. The lowest BCUT2D eigenvalue weighted by Crippen LogP contribution is -2.63. The first-order valence-corrected chi connectivity index (χ1v) is 13.3. The first-order chi connectivity index (χ1) is 19.3. The van der Waals surface area contributed by atoms with Crippen molar-refractivity contribution in [2.75, 3.05) is 32.8 Å². The molecule has 0 radical (unpaired) electrons. The Morgan fingerprint density at radius 1 is 1.10 bits per heavy atom. The van der Waals surface area contributed by atoms with Crippen molar-refractivity contribution in [2.45, 2.75) is 31.7 Å². The van der Waals surface area contributed by atoms with Crippen molar-refractivity contribution in [2.24, 2.45) is 0 Å². The van der Waals surface area contributed by atoms with E-state index in [0.29, 0.717) is 26.3 Å².